The zero-order chi connectivity index (χ0) is 23.9. The quantitative estimate of drug-likeness (QED) is 0.313. The number of hydrogen-bond donors (Lipinski definition) is 1. The van der Waals surface area contributed by atoms with E-state index in [2.05, 4.69) is 63.7 Å². The standard InChI is InChI=1S/C30H33N3O2/c1-2-34-30-20-24(12-13-29(30)35-22-23-8-4-3-5-9-23)21-33-18-15-25(16-19-33)32-28-14-17-31-27-11-7-6-10-26(27)28/h3-14,17,20,25H,2,15-16,18-19,21-22H2,1H3,(H,31,32). The van der Waals surface area contributed by atoms with Crippen molar-refractivity contribution in [1.29, 1.82) is 0 Å². The molecule has 0 radical (unpaired) electrons. The number of para-hydroxylation sites is 1. The highest BCUT2D eigenvalue weighted by Gasteiger charge is 2.20. The van der Waals surface area contributed by atoms with Gasteiger partial charge in [-0.05, 0) is 55.2 Å². The minimum absolute atomic E-state index is 0.477. The lowest BCUT2D eigenvalue weighted by atomic mass is 10.0. The number of likely N-dealkylation sites (tertiary alicyclic amines) is 1. The number of ether oxygens (including phenoxy) is 2. The lowest BCUT2D eigenvalue weighted by Crippen LogP contribution is -2.38. The van der Waals surface area contributed by atoms with Crippen LogP contribution in [0.3, 0.4) is 0 Å². The van der Waals surface area contributed by atoms with Crippen LogP contribution in [0.5, 0.6) is 11.5 Å². The van der Waals surface area contributed by atoms with Gasteiger partial charge in [0.1, 0.15) is 6.61 Å². The molecule has 5 rings (SSSR count). The van der Waals surface area contributed by atoms with Crippen molar-refractivity contribution in [3.8, 4) is 11.5 Å². The summed E-state index contributed by atoms with van der Waals surface area (Å²) in [6.07, 6.45) is 4.13. The van der Waals surface area contributed by atoms with E-state index in [1.54, 1.807) is 0 Å². The summed E-state index contributed by atoms with van der Waals surface area (Å²) < 4.78 is 12.0. The Kier molecular flexibility index (Phi) is 7.44. The van der Waals surface area contributed by atoms with Gasteiger partial charge in [0.2, 0.25) is 0 Å². The van der Waals surface area contributed by atoms with Crippen LogP contribution < -0.4 is 14.8 Å². The highest BCUT2D eigenvalue weighted by Crippen LogP contribution is 2.30. The Bertz CT molecular complexity index is 1230. The first-order valence-electron chi connectivity index (χ1n) is 12.5. The molecule has 2 heterocycles. The Labute approximate surface area is 207 Å². The summed E-state index contributed by atoms with van der Waals surface area (Å²) in [4.78, 5) is 7.01. The molecular formula is C30H33N3O2. The molecule has 0 spiro atoms. The molecule has 0 bridgehead atoms. The van der Waals surface area contributed by atoms with Gasteiger partial charge in [-0.25, -0.2) is 0 Å². The van der Waals surface area contributed by atoms with E-state index in [0.717, 1.165) is 55.1 Å². The molecule has 1 aromatic heterocycles. The molecule has 0 aliphatic carbocycles. The number of rotatable bonds is 9. The number of hydrogen-bond acceptors (Lipinski definition) is 5. The largest absolute Gasteiger partial charge is 0.490 e. The normalized spacial score (nSPS) is 14.7. The summed E-state index contributed by atoms with van der Waals surface area (Å²) in [5, 5.41) is 4.96. The average Bonchev–Trinajstić information content (AvgIpc) is 2.90. The first-order chi connectivity index (χ1) is 17.3. The number of pyridine rings is 1. The van der Waals surface area contributed by atoms with E-state index >= 15 is 0 Å². The molecule has 0 saturated carbocycles. The van der Waals surface area contributed by atoms with Crippen molar-refractivity contribution in [3.05, 3.63) is 96.2 Å². The molecule has 1 saturated heterocycles. The van der Waals surface area contributed by atoms with Gasteiger partial charge in [-0.3, -0.25) is 9.88 Å². The Hall–Kier alpha value is -3.57. The predicted molar refractivity (Wildman–Crippen MR) is 142 cm³/mol. The average molecular weight is 468 g/mol. The van der Waals surface area contributed by atoms with Crippen LogP contribution in [0, 0.1) is 0 Å². The molecule has 1 aliphatic rings. The van der Waals surface area contributed by atoms with Crippen molar-refractivity contribution in [1.82, 2.24) is 9.88 Å². The number of nitrogens with one attached hydrogen (secondary N) is 1. The second kappa shape index (κ2) is 11.2. The maximum atomic E-state index is 6.07. The molecule has 0 unspecified atom stereocenters. The predicted octanol–water partition coefficient (Wildman–Crippen LogP) is 6.29. The van der Waals surface area contributed by atoms with Crippen molar-refractivity contribution in [2.45, 2.75) is 39.0 Å². The Morgan fingerprint density at radius 2 is 1.66 bits per heavy atom. The lowest BCUT2D eigenvalue weighted by molar-refractivity contribution is 0.210. The van der Waals surface area contributed by atoms with Crippen LogP contribution in [0.2, 0.25) is 0 Å². The smallest absolute Gasteiger partial charge is 0.161 e. The number of piperidine rings is 1. The first kappa shape index (κ1) is 23.2. The molecule has 5 nitrogen and oxygen atoms in total. The zero-order valence-electron chi connectivity index (χ0n) is 20.3. The van der Waals surface area contributed by atoms with Crippen molar-refractivity contribution < 1.29 is 9.47 Å². The zero-order valence-corrected chi connectivity index (χ0v) is 20.3. The number of nitrogens with zero attached hydrogens (tertiary/aromatic N) is 2. The van der Waals surface area contributed by atoms with Gasteiger partial charge in [-0.1, -0.05) is 54.6 Å². The van der Waals surface area contributed by atoms with E-state index in [1.165, 1.54) is 16.6 Å². The van der Waals surface area contributed by atoms with Crippen molar-refractivity contribution in [2.24, 2.45) is 0 Å². The SMILES string of the molecule is CCOc1cc(CN2CCC(Nc3ccnc4ccccc34)CC2)ccc1OCc1ccccc1. The van der Waals surface area contributed by atoms with Crippen molar-refractivity contribution in [2.75, 3.05) is 25.0 Å². The fourth-order valence-electron chi connectivity index (χ4n) is 4.71. The second-order valence-electron chi connectivity index (χ2n) is 9.06. The van der Waals surface area contributed by atoms with Gasteiger partial charge >= 0.3 is 0 Å². The number of aromatic nitrogens is 1. The molecule has 1 N–H and O–H groups in total. The number of anilines is 1. The fourth-order valence-corrected chi connectivity index (χ4v) is 4.71. The minimum atomic E-state index is 0.477. The highest BCUT2D eigenvalue weighted by atomic mass is 16.5. The summed E-state index contributed by atoms with van der Waals surface area (Å²) in [5.74, 6) is 1.62. The third kappa shape index (κ3) is 5.92. The summed E-state index contributed by atoms with van der Waals surface area (Å²) in [6, 6.07) is 27.5. The maximum Gasteiger partial charge on any atom is 0.161 e. The van der Waals surface area contributed by atoms with Crippen molar-refractivity contribution >= 4 is 16.6 Å². The Morgan fingerprint density at radius 1 is 0.857 bits per heavy atom. The van der Waals surface area contributed by atoms with E-state index < -0.39 is 0 Å². The van der Waals surface area contributed by atoms with Crippen LogP contribution in [-0.4, -0.2) is 35.6 Å². The summed E-state index contributed by atoms with van der Waals surface area (Å²) >= 11 is 0. The number of fused-ring (bicyclic) bond motifs is 1. The summed E-state index contributed by atoms with van der Waals surface area (Å²) in [7, 11) is 0. The van der Waals surface area contributed by atoms with Gasteiger partial charge in [-0.15, -0.1) is 0 Å². The van der Waals surface area contributed by atoms with E-state index in [9.17, 15) is 0 Å². The molecule has 180 valence electrons. The maximum absolute atomic E-state index is 6.07. The first-order valence-corrected chi connectivity index (χ1v) is 12.5. The molecule has 4 aromatic rings. The third-order valence-electron chi connectivity index (χ3n) is 6.55. The van der Waals surface area contributed by atoms with Crippen LogP contribution >= 0.6 is 0 Å². The number of benzene rings is 3. The second-order valence-corrected chi connectivity index (χ2v) is 9.06. The molecular weight excluding hydrogens is 434 g/mol. The van der Waals surface area contributed by atoms with Gasteiger partial charge in [0.15, 0.2) is 11.5 Å². The monoisotopic (exact) mass is 467 g/mol. The molecule has 35 heavy (non-hydrogen) atoms. The van der Waals surface area contributed by atoms with Gasteiger partial charge in [0.25, 0.3) is 0 Å². The highest BCUT2D eigenvalue weighted by molar-refractivity contribution is 5.90. The topological polar surface area (TPSA) is 46.6 Å². The molecule has 3 aromatic carbocycles. The van der Waals surface area contributed by atoms with Crippen molar-refractivity contribution in [3.63, 3.8) is 0 Å². The molecule has 0 amide bonds. The molecule has 1 aliphatic heterocycles. The van der Waals surface area contributed by atoms with Crippen LogP contribution in [0.25, 0.3) is 10.9 Å². The minimum Gasteiger partial charge on any atom is -0.490 e. The van der Waals surface area contributed by atoms with E-state index in [0.29, 0.717) is 19.3 Å². The molecule has 0 atom stereocenters. The Balaban J connectivity index is 1.17. The summed E-state index contributed by atoms with van der Waals surface area (Å²) in [5.41, 5.74) is 4.63. The van der Waals surface area contributed by atoms with Gasteiger partial charge < -0.3 is 14.8 Å². The molecule has 5 heteroatoms. The summed E-state index contributed by atoms with van der Waals surface area (Å²) in [6.45, 7) is 6.22. The van der Waals surface area contributed by atoms with E-state index in [1.807, 2.05) is 43.5 Å². The Morgan fingerprint density at radius 3 is 2.49 bits per heavy atom. The van der Waals surface area contributed by atoms with Crippen LogP contribution in [-0.2, 0) is 13.2 Å². The van der Waals surface area contributed by atoms with E-state index in [4.69, 9.17) is 9.47 Å². The lowest BCUT2D eigenvalue weighted by Gasteiger charge is -2.33. The molecule has 1 fully saturated rings. The van der Waals surface area contributed by atoms with Gasteiger partial charge in [-0.2, -0.15) is 0 Å². The third-order valence-corrected chi connectivity index (χ3v) is 6.55. The van der Waals surface area contributed by atoms with E-state index in [-0.39, 0.29) is 0 Å². The van der Waals surface area contributed by atoms with Crippen LogP contribution in [0.15, 0.2) is 85.1 Å². The van der Waals surface area contributed by atoms with Gasteiger partial charge in [0, 0.05) is 42.9 Å². The van der Waals surface area contributed by atoms with Gasteiger partial charge in [0.05, 0.1) is 12.1 Å². The van der Waals surface area contributed by atoms with Crippen LogP contribution in [0.1, 0.15) is 30.9 Å². The fraction of sp³-hybridized carbons (Fsp3) is 0.300. The van der Waals surface area contributed by atoms with Crippen LogP contribution in [0.4, 0.5) is 5.69 Å².